The van der Waals surface area contributed by atoms with Gasteiger partial charge < -0.3 is 14.7 Å². The van der Waals surface area contributed by atoms with Crippen LogP contribution in [0.4, 0.5) is 0 Å². The second-order valence-electron chi connectivity index (χ2n) is 4.60. The maximum Gasteiger partial charge on any atom is 0.326 e. The van der Waals surface area contributed by atoms with Gasteiger partial charge in [-0.15, -0.1) is 0 Å². The number of likely N-dealkylation sites (N-methyl/N-ethyl adjacent to an activating group) is 1. The van der Waals surface area contributed by atoms with Gasteiger partial charge in [0.2, 0.25) is 0 Å². The van der Waals surface area contributed by atoms with Gasteiger partial charge in [0.1, 0.15) is 11.8 Å². The normalized spacial score (nSPS) is 14.4. The highest BCUT2D eigenvalue weighted by atomic mass is 16.5. The lowest BCUT2D eigenvalue weighted by atomic mass is 10.1. The molecular formula is C14H17NO4. The third-order valence-corrected chi connectivity index (χ3v) is 3.40. The predicted molar refractivity (Wildman–Crippen MR) is 69.4 cm³/mol. The molecule has 0 bridgehead atoms. The summed E-state index contributed by atoms with van der Waals surface area (Å²) in [6.07, 6.45) is 1.17. The molecule has 1 aliphatic rings. The summed E-state index contributed by atoms with van der Waals surface area (Å²) in [6, 6.07) is 4.44. The van der Waals surface area contributed by atoms with Gasteiger partial charge >= 0.3 is 5.97 Å². The summed E-state index contributed by atoms with van der Waals surface area (Å²) >= 11 is 0. The zero-order chi connectivity index (χ0) is 14.0. The summed E-state index contributed by atoms with van der Waals surface area (Å²) in [6.45, 7) is 2.38. The molecular weight excluding hydrogens is 246 g/mol. The molecule has 1 unspecified atom stereocenters. The number of fused-ring (bicyclic) bond motifs is 1. The fraction of sp³-hybridized carbons (Fsp3) is 0.429. The molecule has 0 saturated carbocycles. The Labute approximate surface area is 111 Å². The average molecular weight is 263 g/mol. The Hall–Kier alpha value is -2.04. The Morgan fingerprint density at radius 1 is 1.47 bits per heavy atom. The minimum Gasteiger partial charge on any atom is -0.493 e. The number of hydrogen-bond donors (Lipinski definition) is 1. The molecule has 1 aliphatic heterocycles. The van der Waals surface area contributed by atoms with Crippen LogP contribution in [0.5, 0.6) is 5.75 Å². The molecule has 1 N–H and O–H groups in total. The topological polar surface area (TPSA) is 66.8 Å². The van der Waals surface area contributed by atoms with Gasteiger partial charge in [-0.2, -0.15) is 0 Å². The van der Waals surface area contributed by atoms with Crippen molar-refractivity contribution in [3.63, 3.8) is 0 Å². The molecule has 0 aromatic heterocycles. The van der Waals surface area contributed by atoms with Gasteiger partial charge in [-0.25, -0.2) is 4.79 Å². The first kappa shape index (κ1) is 13.4. The second kappa shape index (κ2) is 5.30. The van der Waals surface area contributed by atoms with E-state index in [-0.39, 0.29) is 5.91 Å². The molecule has 5 nitrogen and oxygen atoms in total. The number of carbonyl (C=O) groups is 2. The fourth-order valence-corrected chi connectivity index (χ4v) is 2.28. The Bertz CT molecular complexity index is 512. The van der Waals surface area contributed by atoms with Crippen LogP contribution in [-0.4, -0.2) is 41.6 Å². The summed E-state index contributed by atoms with van der Waals surface area (Å²) in [4.78, 5) is 24.6. The maximum atomic E-state index is 12.3. The van der Waals surface area contributed by atoms with E-state index in [2.05, 4.69) is 0 Å². The Balaban J connectivity index is 2.21. The van der Waals surface area contributed by atoms with Gasteiger partial charge in [0.15, 0.2) is 0 Å². The quantitative estimate of drug-likeness (QED) is 0.895. The van der Waals surface area contributed by atoms with E-state index in [0.29, 0.717) is 18.6 Å². The van der Waals surface area contributed by atoms with Crippen molar-refractivity contribution in [1.29, 1.82) is 0 Å². The predicted octanol–water partition coefficient (Wildman–Crippen LogP) is 1.56. The molecule has 1 aromatic rings. The summed E-state index contributed by atoms with van der Waals surface area (Å²) in [5.41, 5.74) is 1.51. The van der Waals surface area contributed by atoms with Crippen LogP contribution in [0.2, 0.25) is 0 Å². The van der Waals surface area contributed by atoms with E-state index >= 15 is 0 Å². The lowest BCUT2D eigenvalue weighted by Crippen LogP contribution is -2.41. The Morgan fingerprint density at radius 2 is 2.21 bits per heavy atom. The number of aliphatic carboxylic acids is 1. The molecule has 102 valence electrons. The third kappa shape index (κ3) is 2.54. The largest absolute Gasteiger partial charge is 0.493 e. The number of benzene rings is 1. The van der Waals surface area contributed by atoms with Crippen molar-refractivity contribution in [2.45, 2.75) is 25.8 Å². The lowest BCUT2D eigenvalue weighted by Gasteiger charge is -2.23. The minimum absolute atomic E-state index is 0.274. The Morgan fingerprint density at radius 3 is 2.84 bits per heavy atom. The number of hydrogen-bond acceptors (Lipinski definition) is 3. The van der Waals surface area contributed by atoms with Crippen LogP contribution >= 0.6 is 0 Å². The van der Waals surface area contributed by atoms with E-state index in [1.54, 1.807) is 25.1 Å². The first-order valence-corrected chi connectivity index (χ1v) is 6.30. The van der Waals surface area contributed by atoms with Crippen molar-refractivity contribution < 1.29 is 19.4 Å². The van der Waals surface area contributed by atoms with Crippen LogP contribution < -0.4 is 4.74 Å². The van der Waals surface area contributed by atoms with Crippen molar-refractivity contribution in [1.82, 2.24) is 4.90 Å². The van der Waals surface area contributed by atoms with Gasteiger partial charge in [-0.1, -0.05) is 6.92 Å². The molecule has 19 heavy (non-hydrogen) atoms. The molecule has 1 amide bonds. The summed E-state index contributed by atoms with van der Waals surface area (Å²) < 4.78 is 5.38. The van der Waals surface area contributed by atoms with Crippen LogP contribution in [0.3, 0.4) is 0 Å². The van der Waals surface area contributed by atoms with Crippen molar-refractivity contribution in [2.75, 3.05) is 13.7 Å². The number of carbonyl (C=O) groups excluding carboxylic acids is 1. The highest BCUT2D eigenvalue weighted by Crippen LogP contribution is 2.26. The molecule has 2 rings (SSSR count). The monoisotopic (exact) mass is 263 g/mol. The fourth-order valence-electron chi connectivity index (χ4n) is 2.28. The number of carboxylic acid groups (broad SMARTS) is 1. The first-order chi connectivity index (χ1) is 9.04. The molecule has 1 aromatic carbocycles. The molecule has 5 heteroatoms. The molecule has 0 aliphatic carbocycles. The van der Waals surface area contributed by atoms with E-state index < -0.39 is 12.0 Å². The summed E-state index contributed by atoms with van der Waals surface area (Å²) in [5, 5.41) is 9.08. The first-order valence-electron chi connectivity index (χ1n) is 6.30. The van der Waals surface area contributed by atoms with Crippen LogP contribution in [0, 0.1) is 0 Å². The van der Waals surface area contributed by atoms with E-state index in [4.69, 9.17) is 9.84 Å². The standard InChI is InChI=1S/C14H17NO4/c1-3-11(14(17)18)15(2)13(16)10-4-5-12-9(8-10)6-7-19-12/h4-5,8,11H,3,6-7H2,1-2H3,(H,17,18). The molecule has 0 spiro atoms. The van der Waals surface area contributed by atoms with Crippen molar-refractivity contribution >= 4 is 11.9 Å². The van der Waals surface area contributed by atoms with E-state index in [0.717, 1.165) is 17.7 Å². The smallest absolute Gasteiger partial charge is 0.326 e. The van der Waals surface area contributed by atoms with Crippen molar-refractivity contribution in [3.05, 3.63) is 29.3 Å². The van der Waals surface area contributed by atoms with Gasteiger partial charge in [0.25, 0.3) is 5.91 Å². The highest BCUT2D eigenvalue weighted by Gasteiger charge is 2.26. The zero-order valence-corrected chi connectivity index (χ0v) is 11.0. The van der Waals surface area contributed by atoms with E-state index in [1.807, 2.05) is 0 Å². The molecule has 0 saturated heterocycles. The molecule has 0 fully saturated rings. The van der Waals surface area contributed by atoms with Gasteiger partial charge in [-0.3, -0.25) is 4.79 Å². The SMILES string of the molecule is CCC(C(=O)O)N(C)C(=O)c1ccc2c(c1)CCO2. The molecule has 0 radical (unpaired) electrons. The van der Waals surface area contributed by atoms with Crippen LogP contribution in [0.1, 0.15) is 29.3 Å². The Kier molecular flexibility index (Phi) is 3.74. The van der Waals surface area contributed by atoms with E-state index in [1.165, 1.54) is 11.9 Å². The second-order valence-corrected chi connectivity index (χ2v) is 4.60. The van der Waals surface area contributed by atoms with Crippen molar-refractivity contribution in [2.24, 2.45) is 0 Å². The lowest BCUT2D eigenvalue weighted by molar-refractivity contribution is -0.142. The number of nitrogens with zero attached hydrogens (tertiary/aromatic N) is 1. The van der Waals surface area contributed by atoms with Crippen LogP contribution in [-0.2, 0) is 11.2 Å². The number of rotatable bonds is 4. The maximum absolute atomic E-state index is 12.3. The molecule has 1 atom stereocenters. The van der Waals surface area contributed by atoms with Gasteiger partial charge in [-0.05, 0) is 30.2 Å². The van der Waals surface area contributed by atoms with Gasteiger partial charge in [0.05, 0.1) is 6.61 Å². The van der Waals surface area contributed by atoms with Crippen LogP contribution in [0.25, 0.3) is 0 Å². The summed E-state index contributed by atoms with van der Waals surface area (Å²) in [7, 11) is 1.52. The highest BCUT2D eigenvalue weighted by molar-refractivity contribution is 5.96. The average Bonchev–Trinajstić information content (AvgIpc) is 2.85. The minimum atomic E-state index is -0.983. The number of amides is 1. The third-order valence-electron chi connectivity index (χ3n) is 3.40. The molecule has 1 heterocycles. The van der Waals surface area contributed by atoms with Crippen LogP contribution in [0.15, 0.2) is 18.2 Å². The zero-order valence-electron chi connectivity index (χ0n) is 11.0. The number of ether oxygens (including phenoxy) is 1. The summed E-state index contributed by atoms with van der Waals surface area (Å²) in [5.74, 6) is -0.448. The van der Waals surface area contributed by atoms with Gasteiger partial charge in [0, 0.05) is 19.0 Å². The van der Waals surface area contributed by atoms with E-state index in [9.17, 15) is 9.59 Å². The number of carboxylic acids is 1. The van der Waals surface area contributed by atoms with Crippen molar-refractivity contribution in [3.8, 4) is 5.75 Å².